The van der Waals surface area contributed by atoms with Gasteiger partial charge in [-0.3, -0.25) is 10.1 Å². The molecule has 3 N–H and O–H groups in total. The normalized spacial score (nSPS) is 10.3. The fraction of sp³-hybridized carbons (Fsp3) is 0.111. The van der Waals surface area contributed by atoms with Crippen molar-refractivity contribution in [1.82, 2.24) is 24.9 Å². The zero-order valence-electron chi connectivity index (χ0n) is 21.3. The Bertz CT molecular complexity index is 1600. The summed E-state index contributed by atoms with van der Waals surface area (Å²) in [6.07, 6.45) is 5.42. The molecule has 0 radical (unpaired) electrons. The molecule has 0 bridgehead atoms. The van der Waals surface area contributed by atoms with E-state index in [1.807, 2.05) is 24.3 Å². The molecule has 0 amide bonds. The van der Waals surface area contributed by atoms with Gasteiger partial charge >= 0.3 is 0 Å². The molecule has 5 aromatic rings. The lowest BCUT2D eigenvalue weighted by Gasteiger charge is -2.12. The summed E-state index contributed by atoms with van der Waals surface area (Å²) in [5.74, 6) is 1.55. The molecule has 0 aliphatic rings. The van der Waals surface area contributed by atoms with Crippen LogP contribution in [-0.4, -0.2) is 42.9 Å². The predicted molar refractivity (Wildman–Crippen MR) is 167 cm³/mol. The molecule has 0 saturated carbocycles. The van der Waals surface area contributed by atoms with Crippen LogP contribution in [0.3, 0.4) is 0 Å². The van der Waals surface area contributed by atoms with Gasteiger partial charge in [-0.15, -0.1) is 24.8 Å². The summed E-state index contributed by atoms with van der Waals surface area (Å²) in [5.41, 5.74) is 4.04. The van der Waals surface area contributed by atoms with Gasteiger partial charge in [0, 0.05) is 54.3 Å². The van der Waals surface area contributed by atoms with Gasteiger partial charge in [-0.25, -0.2) is 19.9 Å². The Labute approximate surface area is 258 Å². The highest BCUT2D eigenvalue weighted by Crippen LogP contribution is 2.35. The van der Waals surface area contributed by atoms with Gasteiger partial charge < -0.3 is 15.6 Å². The monoisotopic (exact) mass is 632 g/mol. The van der Waals surface area contributed by atoms with Crippen LogP contribution in [0.15, 0.2) is 79.3 Å². The number of H-pyrrole nitrogens is 1. The first-order valence-corrected chi connectivity index (χ1v) is 12.7. The first-order chi connectivity index (χ1) is 19.0. The molecule has 0 aliphatic carbocycles. The first kappa shape index (κ1) is 31.6. The minimum Gasteiger partial charge on any atom is -0.368 e. The third-order valence-electron chi connectivity index (χ3n) is 5.77. The highest BCUT2D eigenvalue weighted by atomic mass is 35.5. The molecule has 0 spiro atoms. The number of rotatable bonds is 10. The van der Waals surface area contributed by atoms with E-state index in [9.17, 15) is 10.1 Å². The smallest absolute Gasteiger partial charge is 0.287 e. The first-order valence-electron chi connectivity index (χ1n) is 11.9. The Morgan fingerprint density at radius 2 is 1.63 bits per heavy atom. The average Bonchev–Trinajstić information content (AvgIpc) is 3.40. The van der Waals surface area contributed by atoms with Crippen LogP contribution in [0.25, 0.3) is 22.6 Å². The van der Waals surface area contributed by atoms with Crippen LogP contribution >= 0.6 is 48.0 Å². The van der Waals surface area contributed by atoms with Gasteiger partial charge in [0.25, 0.3) is 5.69 Å². The number of imidazole rings is 1. The van der Waals surface area contributed by atoms with Crippen molar-refractivity contribution in [2.24, 2.45) is 0 Å². The van der Waals surface area contributed by atoms with Gasteiger partial charge in [-0.05, 0) is 29.8 Å². The summed E-state index contributed by atoms with van der Waals surface area (Å²) in [4.78, 5) is 31.5. The van der Waals surface area contributed by atoms with Crippen LogP contribution in [0, 0.1) is 10.1 Å². The molecule has 0 saturated heterocycles. The van der Waals surface area contributed by atoms with Crippen molar-refractivity contribution in [3.05, 3.63) is 111 Å². The SMILES string of the molecule is Cl.Cl.O=[N+]([O-])c1ccc(NCCNc2ncc(-c3ncc(Cc4ccccc4)[nH]3)c(-c3ccc(Cl)cc3Cl)n2)nc1. The van der Waals surface area contributed by atoms with E-state index in [1.54, 1.807) is 30.6 Å². The Kier molecular flexibility index (Phi) is 11.2. The predicted octanol–water partition coefficient (Wildman–Crippen LogP) is 7.10. The van der Waals surface area contributed by atoms with Gasteiger partial charge in [-0.2, -0.15) is 0 Å². The topological polar surface area (TPSA) is 135 Å². The minimum absolute atomic E-state index is 0. The van der Waals surface area contributed by atoms with Crippen molar-refractivity contribution in [1.29, 1.82) is 0 Å². The number of nitrogens with one attached hydrogen (secondary N) is 3. The summed E-state index contributed by atoms with van der Waals surface area (Å²) >= 11 is 12.7. The number of hydrogen-bond donors (Lipinski definition) is 3. The second-order valence-corrected chi connectivity index (χ2v) is 9.36. The molecule has 5 rings (SSSR count). The molecule has 3 heterocycles. The lowest BCUT2D eigenvalue weighted by molar-refractivity contribution is -0.385. The Hall–Kier alpha value is -3.96. The molecule has 0 unspecified atom stereocenters. The number of nitro groups is 1. The summed E-state index contributed by atoms with van der Waals surface area (Å²) in [7, 11) is 0. The van der Waals surface area contributed by atoms with Gasteiger partial charge in [-0.1, -0.05) is 53.5 Å². The number of halogens is 4. The fourth-order valence-electron chi connectivity index (χ4n) is 3.89. The van der Waals surface area contributed by atoms with Crippen molar-refractivity contribution < 1.29 is 4.92 Å². The number of aromatic amines is 1. The number of aromatic nitrogens is 5. The number of nitrogens with zero attached hydrogens (tertiary/aromatic N) is 5. The molecule has 10 nitrogen and oxygen atoms in total. The van der Waals surface area contributed by atoms with E-state index in [2.05, 4.69) is 42.7 Å². The quantitative estimate of drug-likeness (QED) is 0.0842. The van der Waals surface area contributed by atoms with Gasteiger partial charge in [0.2, 0.25) is 5.95 Å². The van der Waals surface area contributed by atoms with Crippen molar-refractivity contribution in [2.45, 2.75) is 6.42 Å². The van der Waals surface area contributed by atoms with Crippen molar-refractivity contribution in [3.8, 4) is 22.6 Å². The maximum Gasteiger partial charge on any atom is 0.287 e. The van der Waals surface area contributed by atoms with Crippen LogP contribution in [0.1, 0.15) is 11.3 Å². The van der Waals surface area contributed by atoms with Crippen molar-refractivity contribution in [3.63, 3.8) is 0 Å². The third-order valence-corrected chi connectivity index (χ3v) is 6.32. The third kappa shape index (κ3) is 8.05. The van der Waals surface area contributed by atoms with Crippen LogP contribution in [0.2, 0.25) is 10.0 Å². The van der Waals surface area contributed by atoms with E-state index in [0.717, 1.165) is 5.69 Å². The Morgan fingerprint density at radius 3 is 2.34 bits per heavy atom. The number of pyridine rings is 1. The lowest BCUT2D eigenvalue weighted by atomic mass is 10.1. The minimum atomic E-state index is -0.489. The van der Waals surface area contributed by atoms with Gasteiger partial charge in [0.15, 0.2) is 0 Å². The summed E-state index contributed by atoms with van der Waals surface area (Å²) in [5, 5.41) is 18.0. The second kappa shape index (κ2) is 14.6. The molecule has 2 aromatic carbocycles. The van der Waals surface area contributed by atoms with E-state index < -0.39 is 4.92 Å². The maximum atomic E-state index is 10.8. The van der Waals surface area contributed by atoms with Crippen molar-refractivity contribution in [2.75, 3.05) is 23.7 Å². The van der Waals surface area contributed by atoms with Crippen LogP contribution in [-0.2, 0) is 6.42 Å². The van der Waals surface area contributed by atoms with Crippen LogP contribution in [0.5, 0.6) is 0 Å². The number of hydrogen-bond acceptors (Lipinski definition) is 8. The molecular formula is C27H24Cl4N8O2. The molecule has 41 heavy (non-hydrogen) atoms. The molecular weight excluding hydrogens is 610 g/mol. The van der Waals surface area contributed by atoms with E-state index in [0.29, 0.717) is 64.0 Å². The summed E-state index contributed by atoms with van der Waals surface area (Å²) in [6.45, 7) is 0.946. The van der Waals surface area contributed by atoms with E-state index in [-0.39, 0.29) is 30.5 Å². The fourth-order valence-corrected chi connectivity index (χ4v) is 4.39. The van der Waals surface area contributed by atoms with E-state index in [1.165, 1.54) is 17.8 Å². The zero-order chi connectivity index (χ0) is 27.2. The second-order valence-electron chi connectivity index (χ2n) is 8.51. The van der Waals surface area contributed by atoms with Crippen molar-refractivity contribution >= 4 is 65.5 Å². The molecule has 14 heteroatoms. The highest BCUT2D eigenvalue weighted by Gasteiger charge is 2.17. The molecule has 0 atom stereocenters. The molecule has 0 fully saturated rings. The number of anilines is 2. The van der Waals surface area contributed by atoms with Gasteiger partial charge in [0.05, 0.1) is 21.2 Å². The maximum absolute atomic E-state index is 10.8. The average molecular weight is 634 g/mol. The Balaban J connectivity index is 0.00000231. The largest absolute Gasteiger partial charge is 0.368 e. The molecule has 0 aliphatic heterocycles. The molecule has 212 valence electrons. The highest BCUT2D eigenvalue weighted by molar-refractivity contribution is 6.36. The summed E-state index contributed by atoms with van der Waals surface area (Å²) < 4.78 is 0. The number of benzene rings is 2. The van der Waals surface area contributed by atoms with E-state index in [4.69, 9.17) is 28.2 Å². The van der Waals surface area contributed by atoms with E-state index >= 15 is 0 Å². The zero-order valence-corrected chi connectivity index (χ0v) is 24.4. The lowest BCUT2D eigenvalue weighted by Crippen LogP contribution is -2.16. The standard InChI is InChI=1S/C27H22Cl2N8O2.2ClH/c28-18-6-8-21(23(29)13-18)25-22(26-33-14-19(35-26)12-17-4-2-1-3-5-17)16-34-27(36-25)31-11-10-30-24-9-7-20(15-32-24)37(38)39;;/h1-9,13-16H,10-12H2,(H,30,32)(H,33,35)(H,31,34,36);2*1H. The van der Waals surface area contributed by atoms with Crippen LogP contribution in [0.4, 0.5) is 17.5 Å². The Morgan fingerprint density at radius 1 is 0.854 bits per heavy atom. The van der Waals surface area contributed by atoms with Crippen LogP contribution < -0.4 is 10.6 Å². The summed E-state index contributed by atoms with van der Waals surface area (Å²) in [6, 6.07) is 18.3. The molecule has 3 aromatic heterocycles. The van der Waals surface area contributed by atoms with Gasteiger partial charge in [0.1, 0.15) is 17.8 Å².